The molecular weight excluding hydrogens is 348 g/mol. The Morgan fingerprint density at radius 3 is 2.81 bits per heavy atom. The van der Waals surface area contributed by atoms with Crippen LogP contribution >= 0.6 is 11.3 Å². The normalized spacial score (nSPS) is 19.6. The maximum absolute atomic E-state index is 12.6. The van der Waals surface area contributed by atoms with Gasteiger partial charge >= 0.3 is 0 Å². The first-order chi connectivity index (χ1) is 12.7. The minimum atomic E-state index is -0.310. The van der Waals surface area contributed by atoms with Crippen LogP contribution in [0.5, 0.6) is 0 Å². The molecule has 2 N–H and O–H groups in total. The van der Waals surface area contributed by atoms with Gasteiger partial charge in [-0.05, 0) is 42.8 Å². The van der Waals surface area contributed by atoms with Crippen LogP contribution in [0.1, 0.15) is 29.9 Å². The smallest absolute Gasteiger partial charge is 0.293 e. The summed E-state index contributed by atoms with van der Waals surface area (Å²) >= 11 is 1.51. The highest BCUT2D eigenvalue weighted by molar-refractivity contribution is 7.16. The van der Waals surface area contributed by atoms with E-state index in [2.05, 4.69) is 20.6 Å². The van der Waals surface area contributed by atoms with Gasteiger partial charge in [-0.1, -0.05) is 18.2 Å². The average molecular weight is 368 g/mol. The minimum absolute atomic E-state index is 0.174. The first-order valence-electron chi connectivity index (χ1n) is 8.64. The van der Waals surface area contributed by atoms with E-state index < -0.39 is 0 Å². The molecule has 3 aromatic rings. The molecule has 0 unspecified atom stereocenters. The number of aromatic nitrogens is 2. The zero-order valence-electron chi connectivity index (χ0n) is 14.4. The molecule has 1 aliphatic carbocycles. The van der Waals surface area contributed by atoms with Crippen LogP contribution in [0.3, 0.4) is 0 Å². The number of ether oxygens (including phenoxy) is 1. The van der Waals surface area contributed by atoms with Crippen LogP contribution in [0.15, 0.2) is 41.8 Å². The fourth-order valence-corrected chi connectivity index (χ4v) is 4.02. The third-order valence-corrected chi connectivity index (χ3v) is 5.43. The van der Waals surface area contributed by atoms with Crippen molar-refractivity contribution >= 4 is 39.0 Å². The van der Waals surface area contributed by atoms with Gasteiger partial charge in [0.1, 0.15) is 10.6 Å². The number of rotatable bonds is 5. The number of hydrogen-bond donors (Lipinski definition) is 2. The van der Waals surface area contributed by atoms with Crippen LogP contribution in [0.2, 0.25) is 0 Å². The summed E-state index contributed by atoms with van der Waals surface area (Å²) < 4.78 is 5.45. The van der Waals surface area contributed by atoms with Crippen LogP contribution < -0.4 is 10.6 Å². The molecule has 1 aromatic carbocycles. The van der Waals surface area contributed by atoms with Crippen LogP contribution in [0.25, 0.3) is 10.2 Å². The number of benzene rings is 1. The lowest BCUT2D eigenvalue weighted by molar-refractivity contribution is 0.101. The second kappa shape index (κ2) is 7.39. The van der Waals surface area contributed by atoms with Crippen LogP contribution in [0.4, 0.5) is 11.5 Å². The Hall–Kier alpha value is -2.51. The first kappa shape index (κ1) is 16.9. The van der Waals surface area contributed by atoms with Gasteiger partial charge in [-0.2, -0.15) is 0 Å². The van der Waals surface area contributed by atoms with Gasteiger partial charge in [-0.3, -0.25) is 4.79 Å². The number of carbonyl (C=O) groups excluding carboxylic acids is 1. The quantitative estimate of drug-likeness (QED) is 0.714. The summed E-state index contributed by atoms with van der Waals surface area (Å²) in [5.41, 5.74) is 0.723. The molecule has 2 atom stereocenters. The fourth-order valence-electron chi connectivity index (χ4n) is 3.25. The largest absolute Gasteiger partial charge is 0.381 e. The molecule has 0 bridgehead atoms. The van der Waals surface area contributed by atoms with Gasteiger partial charge in [0.05, 0.1) is 11.5 Å². The predicted molar refractivity (Wildman–Crippen MR) is 104 cm³/mol. The molecule has 1 amide bonds. The van der Waals surface area contributed by atoms with E-state index >= 15 is 0 Å². The molecule has 6 nitrogen and oxygen atoms in total. The van der Waals surface area contributed by atoms with Crippen LogP contribution in [-0.4, -0.2) is 35.1 Å². The monoisotopic (exact) mass is 368 g/mol. The van der Waals surface area contributed by atoms with Crippen molar-refractivity contribution in [3.8, 4) is 0 Å². The summed E-state index contributed by atoms with van der Waals surface area (Å²) in [4.78, 5) is 22.3. The predicted octanol–water partition coefficient (Wildman–Crippen LogP) is 3.92. The van der Waals surface area contributed by atoms with E-state index in [1.54, 1.807) is 7.11 Å². The molecule has 2 heterocycles. The average Bonchev–Trinajstić information content (AvgIpc) is 3.31. The van der Waals surface area contributed by atoms with Crippen molar-refractivity contribution in [2.24, 2.45) is 0 Å². The SMILES string of the molecule is CO[C@H]1CC[C@@H](Nc2nc(C(=O)Nc3ccccc3)nc3sccc23)C1. The summed E-state index contributed by atoms with van der Waals surface area (Å²) in [5, 5.41) is 9.25. The Kier molecular flexibility index (Phi) is 4.81. The number of anilines is 2. The molecule has 7 heteroatoms. The number of fused-ring (bicyclic) bond motifs is 1. The Labute approximate surface area is 155 Å². The van der Waals surface area contributed by atoms with Crippen molar-refractivity contribution in [2.45, 2.75) is 31.4 Å². The third kappa shape index (κ3) is 3.54. The highest BCUT2D eigenvalue weighted by Gasteiger charge is 2.26. The van der Waals surface area contributed by atoms with Gasteiger partial charge in [0.15, 0.2) is 0 Å². The van der Waals surface area contributed by atoms with Crippen molar-refractivity contribution in [1.82, 2.24) is 9.97 Å². The van der Waals surface area contributed by atoms with Crippen molar-refractivity contribution in [2.75, 3.05) is 17.7 Å². The molecule has 0 aliphatic heterocycles. The lowest BCUT2D eigenvalue weighted by Gasteiger charge is -2.15. The van der Waals surface area contributed by atoms with Gasteiger partial charge in [0.25, 0.3) is 5.91 Å². The summed E-state index contributed by atoms with van der Waals surface area (Å²) in [7, 11) is 1.75. The summed E-state index contributed by atoms with van der Waals surface area (Å²) in [6.45, 7) is 0. The van der Waals surface area contributed by atoms with E-state index in [0.29, 0.717) is 6.04 Å². The van der Waals surface area contributed by atoms with Crippen molar-refractivity contribution in [3.05, 3.63) is 47.6 Å². The zero-order valence-corrected chi connectivity index (χ0v) is 15.3. The molecule has 1 fully saturated rings. The van der Waals surface area contributed by atoms with Gasteiger partial charge < -0.3 is 15.4 Å². The second-order valence-corrected chi connectivity index (χ2v) is 7.26. The molecule has 26 heavy (non-hydrogen) atoms. The lowest BCUT2D eigenvalue weighted by atomic mass is 10.2. The minimum Gasteiger partial charge on any atom is -0.381 e. The number of thiophene rings is 1. The number of carbonyl (C=O) groups is 1. The number of para-hydroxylation sites is 1. The molecule has 4 rings (SSSR count). The lowest BCUT2D eigenvalue weighted by Crippen LogP contribution is -2.21. The molecule has 0 spiro atoms. The number of hydrogen-bond acceptors (Lipinski definition) is 6. The molecule has 1 aliphatic rings. The van der Waals surface area contributed by atoms with Gasteiger partial charge in [0, 0.05) is 18.8 Å². The summed E-state index contributed by atoms with van der Waals surface area (Å²) in [6.07, 6.45) is 3.29. The first-order valence-corrected chi connectivity index (χ1v) is 9.52. The fraction of sp³-hybridized carbons (Fsp3) is 0.316. The molecule has 0 saturated heterocycles. The standard InChI is InChI=1S/C19H20N4O2S/c1-25-14-8-7-13(11-14)20-16-15-9-10-26-19(15)23-17(22-16)18(24)21-12-5-3-2-4-6-12/h2-6,9-10,13-14H,7-8,11H2,1H3,(H,21,24)(H,20,22,23)/t13-,14+/m1/s1. The van der Waals surface area contributed by atoms with Crippen LogP contribution in [-0.2, 0) is 4.74 Å². The topological polar surface area (TPSA) is 76.1 Å². The van der Waals surface area contributed by atoms with Crippen molar-refractivity contribution < 1.29 is 9.53 Å². The number of nitrogens with one attached hydrogen (secondary N) is 2. The Balaban J connectivity index is 1.59. The highest BCUT2D eigenvalue weighted by atomic mass is 32.1. The Morgan fingerprint density at radius 1 is 1.19 bits per heavy atom. The molecule has 1 saturated carbocycles. The maximum Gasteiger partial charge on any atom is 0.293 e. The van der Waals surface area contributed by atoms with E-state index in [0.717, 1.165) is 41.0 Å². The molecule has 0 radical (unpaired) electrons. The highest BCUT2D eigenvalue weighted by Crippen LogP contribution is 2.29. The van der Waals surface area contributed by atoms with Gasteiger partial charge in [0.2, 0.25) is 5.82 Å². The van der Waals surface area contributed by atoms with E-state index in [4.69, 9.17) is 4.74 Å². The molecule has 2 aromatic heterocycles. The Morgan fingerprint density at radius 2 is 2.04 bits per heavy atom. The molecular formula is C19H20N4O2S. The number of amides is 1. The Bertz CT molecular complexity index is 912. The maximum atomic E-state index is 12.6. The van der Waals surface area contributed by atoms with Crippen molar-refractivity contribution in [3.63, 3.8) is 0 Å². The summed E-state index contributed by atoms with van der Waals surface area (Å²) in [5.74, 6) is 0.583. The molecule has 134 valence electrons. The second-order valence-electron chi connectivity index (χ2n) is 6.37. The van der Waals surface area contributed by atoms with Gasteiger partial charge in [-0.25, -0.2) is 9.97 Å². The van der Waals surface area contributed by atoms with Crippen molar-refractivity contribution in [1.29, 1.82) is 0 Å². The number of nitrogens with zero attached hydrogens (tertiary/aromatic N) is 2. The van der Waals surface area contributed by atoms with Crippen LogP contribution in [0, 0.1) is 0 Å². The zero-order chi connectivity index (χ0) is 17.9. The third-order valence-electron chi connectivity index (χ3n) is 4.62. The van der Waals surface area contributed by atoms with E-state index in [1.807, 2.05) is 41.8 Å². The van der Waals surface area contributed by atoms with E-state index in [-0.39, 0.29) is 17.8 Å². The van der Waals surface area contributed by atoms with E-state index in [1.165, 1.54) is 11.3 Å². The van der Waals surface area contributed by atoms with Gasteiger partial charge in [-0.15, -0.1) is 11.3 Å². The van der Waals surface area contributed by atoms with E-state index in [9.17, 15) is 4.79 Å². The summed E-state index contributed by atoms with van der Waals surface area (Å²) in [6, 6.07) is 11.6. The number of methoxy groups -OCH3 is 1.